The second-order valence-electron chi connectivity index (χ2n) is 23.6. The van der Waals surface area contributed by atoms with Crippen molar-refractivity contribution < 1.29 is 42.2 Å². The second-order valence-corrected chi connectivity index (χ2v) is 23.6. The number of ether oxygens (including phenoxy) is 2. The Morgan fingerprint density at radius 3 is 1.09 bits per heavy atom. The van der Waals surface area contributed by atoms with E-state index in [9.17, 15) is 0 Å². The van der Waals surface area contributed by atoms with Crippen LogP contribution >= 0.6 is 0 Å². The van der Waals surface area contributed by atoms with Crippen LogP contribution in [0.15, 0.2) is 164 Å². The van der Waals surface area contributed by atoms with E-state index < -0.39 is 5.79 Å². The molecule has 1 fully saturated rings. The van der Waals surface area contributed by atoms with E-state index in [0.29, 0.717) is 0 Å². The van der Waals surface area contributed by atoms with Gasteiger partial charge in [-0.25, -0.2) is 0 Å². The molecule has 2 aliphatic heterocycles. The molecule has 1 radical (unpaired) electrons. The van der Waals surface area contributed by atoms with E-state index in [4.69, 9.17) is 9.47 Å². The van der Waals surface area contributed by atoms with Crippen molar-refractivity contribution in [3.05, 3.63) is 249 Å². The minimum absolute atomic E-state index is 0. The third-order valence-corrected chi connectivity index (χ3v) is 16.5. The first-order valence-corrected chi connectivity index (χ1v) is 30.7. The van der Waals surface area contributed by atoms with Crippen LogP contribution in [0.1, 0.15) is 232 Å². The molecule has 2 atom stereocenters. The zero-order valence-corrected chi connectivity index (χ0v) is 57.2. The van der Waals surface area contributed by atoms with Crippen LogP contribution in [0, 0.1) is 53.9 Å². The fourth-order valence-corrected chi connectivity index (χ4v) is 12.9. The minimum Gasteiger partial charge on any atom is -0.452 e. The number of hydrogen-bond acceptors (Lipinski definition) is 2. The maximum absolute atomic E-state index is 6.82. The van der Waals surface area contributed by atoms with Gasteiger partial charge in [-0.3, -0.25) is 0 Å². The van der Waals surface area contributed by atoms with Crippen LogP contribution in [-0.4, -0.2) is 5.79 Å². The summed E-state index contributed by atoms with van der Waals surface area (Å²) in [5.74, 6) is 4.32. The van der Waals surface area contributed by atoms with Gasteiger partial charge in [-0.2, -0.15) is 19.8 Å². The van der Waals surface area contributed by atoms with Gasteiger partial charge in [0.25, 0.3) is 5.79 Å². The first kappa shape index (κ1) is 70.5. The van der Waals surface area contributed by atoms with Crippen LogP contribution in [0.4, 0.5) is 0 Å². The topological polar surface area (TPSA) is 18.5 Å². The quantitative estimate of drug-likeness (QED) is 0.161. The summed E-state index contributed by atoms with van der Waals surface area (Å²) in [4.78, 5) is 0. The normalized spacial score (nSPS) is 19.4. The van der Waals surface area contributed by atoms with E-state index in [-0.39, 0.29) is 68.2 Å². The summed E-state index contributed by atoms with van der Waals surface area (Å²) >= 11 is 0. The van der Waals surface area contributed by atoms with Crippen LogP contribution in [0.3, 0.4) is 0 Å². The average molecular weight is 1160 g/mol. The molecule has 7 aromatic rings. The minimum atomic E-state index is -0.720. The molecule has 2 unspecified atom stereocenters. The Bertz CT molecular complexity index is 2740. The third-order valence-electron chi connectivity index (χ3n) is 16.5. The molecule has 0 aromatic heterocycles. The second kappa shape index (κ2) is 32.3. The number of hydrogen-bond donors (Lipinski definition) is 0. The smallest absolute Gasteiger partial charge is 0.253 e. The van der Waals surface area contributed by atoms with Crippen molar-refractivity contribution in [3.8, 4) is 11.5 Å². The molecule has 7 aromatic carbocycles. The Balaban J connectivity index is 0.000000310. The number of rotatable bonds is 2. The maximum Gasteiger partial charge on any atom is 0.253 e. The van der Waals surface area contributed by atoms with E-state index in [0.717, 1.165) is 30.3 Å². The Hall–Kier alpha value is -4.76. The van der Waals surface area contributed by atoms with Crippen molar-refractivity contribution in [1.82, 2.24) is 0 Å². The standard InChI is InChI=1S/C31H28O2.C23H28.C8H15.C7H8.4C2H6.CH3.Y/c1-21-13-15-25-27(23-9-5-3-6-10-23)19-31(32-29(25)17-21)20-28(24-11-7-4-8-12-24)26-16-14-22(2)18-30(26)33-31;1-15-7-9-17-19(11-15)23(13-21(17,3)4)14-22(5,6)18-10-8-16(2)12-20(18)23;1-7-3-5-8(2)6-4-7;1-7-5-3-2-4-6-7;4*1-2;;/h3-18,27-28H,19-20H2,1-2H3;7-12H,13-14H2,1-6H3;7H,3-6H2,1-2H3;2-6H,1H3;4*1-2H3;1H3;/q;;-1;;;;;;-1;. The van der Waals surface area contributed by atoms with Gasteiger partial charge in [0.05, 0.1) is 0 Å². The maximum atomic E-state index is 6.82. The van der Waals surface area contributed by atoms with Crippen LogP contribution in [0.5, 0.6) is 11.5 Å². The molecule has 2 heterocycles. The monoisotopic (exact) mass is 1160 g/mol. The van der Waals surface area contributed by atoms with Gasteiger partial charge in [0.15, 0.2) is 0 Å². The summed E-state index contributed by atoms with van der Waals surface area (Å²) in [6.45, 7) is 41.1. The molecular weight excluding hydrogens is 1060 g/mol. The molecule has 0 amide bonds. The van der Waals surface area contributed by atoms with Gasteiger partial charge in [-0.05, 0) is 121 Å². The van der Waals surface area contributed by atoms with Crippen LogP contribution in [0.2, 0.25) is 0 Å². The summed E-state index contributed by atoms with van der Waals surface area (Å²) in [5, 5.41) is 0. The molecule has 12 rings (SSSR count). The largest absolute Gasteiger partial charge is 0.452 e. The van der Waals surface area contributed by atoms with Crippen molar-refractivity contribution in [2.45, 2.75) is 217 Å². The molecule has 3 aliphatic carbocycles. The Morgan fingerprint density at radius 2 is 0.753 bits per heavy atom. The molecule has 3 heteroatoms. The van der Waals surface area contributed by atoms with Crippen LogP contribution < -0.4 is 9.47 Å². The molecular formula is C78H106O2Y-2. The molecule has 0 N–H and O–H groups in total. The van der Waals surface area contributed by atoms with Gasteiger partial charge in [-0.1, -0.05) is 271 Å². The van der Waals surface area contributed by atoms with Crippen molar-refractivity contribution in [2.24, 2.45) is 5.92 Å². The first-order valence-electron chi connectivity index (χ1n) is 30.7. The number of aryl methyl sites for hydroxylation is 5. The molecule has 1 saturated carbocycles. The first-order chi connectivity index (χ1) is 37.9. The predicted octanol–water partition coefficient (Wildman–Crippen LogP) is 22.8. The van der Waals surface area contributed by atoms with Crippen molar-refractivity contribution in [3.63, 3.8) is 0 Å². The van der Waals surface area contributed by atoms with E-state index in [1.54, 1.807) is 28.2 Å². The predicted molar refractivity (Wildman–Crippen MR) is 350 cm³/mol. The number of fused-ring (bicyclic) bond motifs is 6. The van der Waals surface area contributed by atoms with E-state index in [1.807, 2.05) is 73.6 Å². The fourth-order valence-electron chi connectivity index (χ4n) is 12.9. The van der Waals surface area contributed by atoms with Gasteiger partial charge in [0.2, 0.25) is 0 Å². The van der Waals surface area contributed by atoms with Gasteiger partial charge in [-0.15, -0.1) is 0 Å². The Morgan fingerprint density at radius 1 is 0.420 bits per heavy atom. The SMILES string of the molecule is CC.CC.CC.CC.C[C-]1CCC(C)CC1.Cc1ccc2c(c1)C1(CC2(C)C)CC(C)(C)c2ccc(C)cc21.Cc1ccc2c(c1)OC1(CC2c2ccccc2)CC(c2ccccc2)c2ccc(C)cc2O1.Cc1ccccc1.[CH3-].[Y]. The summed E-state index contributed by atoms with van der Waals surface area (Å²) in [6.07, 6.45) is 9.69. The van der Waals surface area contributed by atoms with Crippen molar-refractivity contribution in [2.75, 3.05) is 0 Å². The van der Waals surface area contributed by atoms with Gasteiger partial charge >= 0.3 is 0 Å². The molecule has 5 aliphatic rings. The molecule has 2 nitrogen and oxygen atoms in total. The zero-order valence-electron chi connectivity index (χ0n) is 54.4. The molecule has 2 spiro atoms. The van der Waals surface area contributed by atoms with E-state index in [2.05, 4.69) is 222 Å². The average Bonchev–Trinajstić information content (AvgIpc) is 2.96. The Labute approximate surface area is 522 Å². The summed E-state index contributed by atoms with van der Waals surface area (Å²) in [6, 6.07) is 59.3. The molecule has 81 heavy (non-hydrogen) atoms. The van der Waals surface area contributed by atoms with E-state index >= 15 is 0 Å². The van der Waals surface area contributed by atoms with Crippen molar-refractivity contribution >= 4 is 0 Å². The molecule has 0 saturated heterocycles. The third kappa shape index (κ3) is 17.2. The van der Waals surface area contributed by atoms with Gasteiger partial charge in [0, 0.05) is 73.9 Å². The van der Waals surface area contributed by atoms with Crippen molar-refractivity contribution in [1.29, 1.82) is 0 Å². The van der Waals surface area contributed by atoms with Gasteiger partial charge < -0.3 is 22.8 Å². The zero-order chi connectivity index (χ0) is 58.1. The molecule has 435 valence electrons. The summed E-state index contributed by atoms with van der Waals surface area (Å²) in [5.41, 5.74) is 18.6. The Kier molecular flexibility index (Phi) is 28.2. The summed E-state index contributed by atoms with van der Waals surface area (Å²) < 4.78 is 13.6. The fraction of sp³-hybridized carbons (Fsp3) is 0.436. The molecule has 0 bridgehead atoms. The van der Waals surface area contributed by atoms with Crippen LogP contribution in [0.25, 0.3) is 0 Å². The van der Waals surface area contributed by atoms with E-state index in [1.165, 1.54) is 88.6 Å². The van der Waals surface area contributed by atoms with Crippen LogP contribution in [-0.2, 0) is 49.0 Å². The van der Waals surface area contributed by atoms with Gasteiger partial charge in [0.1, 0.15) is 11.5 Å². The number of benzene rings is 7. The summed E-state index contributed by atoms with van der Waals surface area (Å²) in [7, 11) is 0.